The molecule has 0 saturated carbocycles. The van der Waals surface area contributed by atoms with E-state index in [2.05, 4.69) is 57.4 Å². The van der Waals surface area contributed by atoms with Crippen molar-refractivity contribution in [1.82, 2.24) is 20.9 Å². The smallest absolute Gasteiger partial charge is 0.160 e. The fourth-order valence-corrected chi connectivity index (χ4v) is 9.76. The topological polar surface area (TPSA) is 170 Å². The number of aromatic nitrogens is 1. The first-order valence-corrected chi connectivity index (χ1v) is 20.2. The molecule has 6 unspecified atom stereocenters. The van der Waals surface area contributed by atoms with Crippen LogP contribution in [-0.2, 0) is 24.0 Å². The van der Waals surface area contributed by atoms with E-state index in [4.69, 9.17) is 18.9 Å². The molecule has 4 aliphatic rings. The SMILES string of the molecule is CNCOC1(CNCNCC(C)O)Cc2c3c(c4c(c2OC1c1ccc(O)c(OC)c1)CCC(CO)O4)-c1ccc(O)c2c1C(C3)C(c1ccc3[nH]ccc3c1)C=C2. The number of hydrogen-bond acceptors (Lipinski definition) is 11. The van der Waals surface area contributed by atoms with E-state index in [0.29, 0.717) is 51.2 Å². The maximum atomic E-state index is 11.3. The number of aromatic amines is 1. The molecule has 0 spiro atoms. The highest BCUT2D eigenvalue weighted by molar-refractivity contribution is 5.89. The number of rotatable bonds is 13. The first-order valence-electron chi connectivity index (χ1n) is 20.2. The van der Waals surface area contributed by atoms with Crippen LogP contribution in [0.15, 0.2) is 66.9 Å². The van der Waals surface area contributed by atoms with Crippen molar-refractivity contribution < 1.29 is 39.4 Å². The Bertz CT molecular complexity index is 2370. The third-order valence-electron chi connectivity index (χ3n) is 12.4. The number of nitrogens with one attached hydrogen (secondary N) is 4. The van der Waals surface area contributed by atoms with E-state index in [1.807, 2.05) is 31.4 Å². The molecule has 5 aromatic rings. The van der Waals surface area contributed by atoms with Crippen molar-refractivity contribution in [2.24, 2.45) is 0 Å². The molecule has 4 aromatic carbocycles. The molecular weight excluding hydrogens is 737 g/mol. The predicted molar refractivity (Wildman–Crippen MR) is 222 cm³/mol. The van der Waals surface area contributed by atoms with Crippen LogP contribution < -0.4 is 30.2 Å². The number of allylic oxidation sites excluding steroid dienone is 1. The van der Waals surface area contributed by atoms with Crippen LogP contribution in [0, 0.1) is 0 Å². The fraction of sp³-hybridized carbons (Fsp3) is 0.391. The van der Waals surface area contributed by atoms with Crippen molar-refractivity contribution in [3.8, 4) is 39.9 Å². The summed E-state index contributed by atoms with van der Waals surface area (Å²) in [6.07, 6.45) is 7.11. The van der Waals surface area contributed by atoms with Crippen molar-refractivity contribution in [3.63, 3.8) is 0 Å². The number of fused-ring (bicyclic) bond motifs is 8. The van der Waals surface area contributed by atoms with Gasteiger partial charge in [0, 0.05) is 66.1 Å². The third-order valence-corrected chi connectivity index (χ3v) is 12.4. The van der Waals surface area contributed by atoms with Crippen LogP contribution in [0.1, 0.15) is 70.2 Å². The lowest BCUT2D eigenvalue weighted by molar-refractivity contribution is -0.129. The number of aliphatic hydroxyl groups is 2. The molecular formula is C46H52N4O8. The summed E-state index contributed by atoms with van der Waals surface area (Å²) in [7, 11) is 3.38. The number of aromatic hydroxyl groups is 2. The molecule has 3 heterocycles. The highest BCUT2D eigenvalue weighted by atomic mass is 16.6. The van der Waals surface area contributed by atoms with E-state index in [1.165, 1.54) is 12.7 Å². The van der Waals surface area contributed by atoms with Crippen molar-refractivity contribution in [1.29, 1.82) is 0 Å². The Balaban J connectivity index is 1.25. The fourth-order valence-electron chi connectivity index (χ4n) is 9.76. The number of hydrogen-bond donors (Lipinski definition) is 8. The van der Waals surface area contributed by atoms with Gasteiger partial charge in [-0.15, -0.1) is 0 Å². The highest BCUT2D eigenvalue weighted by Gasteiger charge is 2.51. The number of H-pyrrole nitrogens is 1. The number of aliphatic hydroxyl groups excluding tert-OH is 2. The number of benzene rings is 4. The molecule has 0 radical (unpaired) electrons. The molecule has 12 heteroatoms. The second-order valence-corrected chi connectivity index (χ2v) is 16.1. The Labute approximate surface area is 337 Å². The molecule has 0 saturated heterocycles. The van der Waals surface area contributed by atoms with Crippen LogP contribution in [0.5, 0.6) is 28.7 Å². The van der Waals surface area contributed by atoms with Gasteiger partial charge < -0.3 is 55.0 Å². The molecule has 6 atom stereocenters. The van der Waals surface area contributed by atoms with Crippen molar-refractivity contribution in [2.45, 2.75) is 68.4 Å². The standard InChI is InChI=1S/C46H52N4O8/c1-25(52)20-48-23-49-22-46(56-24-47-2)19-36-35-18-34-30(26-4-11-37-27(16-26)14-15-50-37)8-9-31-38(53)13-10-32(41(31)34)42(35)44-33(7-6-29(21-51)57-44)43(36)58-45(46)28-5-12-39(54)40(17-28)55-3/h4-5,8-17,25,29-30,34,45,47-54H,6-7,18-24H2,1-3H3. The summed E-state index contributed by atoms with van der Waals surface area (Å²) in [5.74, 6) is 2.08. The van der Waals surface area contributed by atoms with Crippen LogP contribution in [0.3, 0.4) is 0 Å². The molecule has 2 aliphatic carbocycles. The first-order chi connectivity index (χ1) is 28.2. The molecule has 0 amide bonds. The average Bonchev–Trinajstić information content (AvgIpc) is 3.72. The molecule has 2 aliphatic heterocycles. The largest absolute Gasteiger partial charge is 0.507 e. The van der Waals surface area contributed by atoms with Crippen molar-refractivity contribution in [3.05, 3.63) is 106 Å². The average molecular weight is 789 g/mol. The van der Waals surface area contributed by atoms with Gasteiger partial charge in [0.2, 0.25) is 0 Å². The lowest BCUT2D eigenvalue weighted by Gasteiger charge is -2.48. The summed E-state index contributed by atoms with van der Waals surface area (Å²) in [6.45, 7) is 3.10. The zero-order valence-electron chi connectivity index (χ0n) is 33.1. The quantitative estimate of drug-likeness (QED) is 0.0559. The number of methoxy groups -OCH3 is 1. The Morgan fingerprint density at radius 3 is 2.62 bits per heavy atom. The Morgan fingerprint density at radius 2 is 1.81 bits per heavy atom. The van der Waals surface area contributed by atoms with E-state index in [0.717, 1.165) is 66.9 Å². The molecule has 0 bridgehead atoms. The van der Waals surface area contributed by atoms with E-state index < -0.39 is 17.8 Å². The predicted octanol–water partition coefficient (Wildman–Crippen LogP) is 5.52. The first kappa shape index (κ1) is 38.4. The molecule has 0 fully saturated rings. The monoisotopic (exact) mass is 788 g/mol. The lowest BCUT2D eigenvalue weighted by atomic mass is 9.64. The van der Waals surface area contributed by atoms with Gasteiger partial charge in [0.1, 0.15) is 29.0 Å². The van der Waals surface area contributed by atoms with Crippen LogP contribution >= 0.6 is 0 Å². The zero-order chi connectivity index (χ0) is 40.1. The summed E-state index contributed by atoms with van der Waals surface area (Å²) in [6, 6.07) is 17.8. The van der Waals surface area contributed by atoms with Crippen LogP contribution in [0.2, 0.25) is 0 Å². The maximum absolute atomic E-state index is 11.3. The van der Waals surface area contributed by atoms with E-state index in [-0.39, 0.29) is 42.8 Å². The minimum atomic E-state index is -0.971. The Hall–Kier alpha value is -5.08. The van der Waals surface area contributed by atoms with Gasteiger partial charge in [-0.25, -0.2) is 0 Å². The van der Waals surface area contributed by atoms with Crippen LogP contribution in [0.25, 0.3) is 28.1 Å². The molecule has 58 heavy (non-hydrogen) atoms. The molecule has 8 N–H and O–H groups in total. The molecule has 9 rings (SSSR count). The lowest BCUT2D eigenvalue weighted by Crippen LogP contribution is -2.56. The summed E-state index contributed by atoms with van der Waals surface area (Å²) in [5.41, 5.74) is 9.10. The summed E-state index contributed by atoms with van der Waals surface area (Å²) >= 11 is 0. The molecule has 304 valence electrons. The van der Waals surface area contributed by atoms with Gasteiger partial charge in [-0.05, 0) is 109 Å². The van der Waals surface area contributed by atoms with Gasteiger partial charge in [0.15, 0.2) is 17.6 Å². The highest BCUT2D eigenvalue weighted by Crippen LogP contribution is 2.60. The van der Waals surface area contributed by atoms with Crippen molar-refractivity contribution in [2.75, 3.05) is 47.3 Å². The summed E-state index contributed by atoms with van der Waals surface area (Å²) < 4.78 is 26.7. The normalized spacial score (nSPS) is 23.3. The van der Waals surface area contributed by atoms with Gasteiger partial charge >= 0.3 is 0 Å². The summed E-state index contributed by atoms with van der Waals surface area (Å²) in [4.78, 5) is 3.32. The number of phenols is 2. The van der Waals surface area contributed by atoms with Gasteiger partial charge in [-0.3, -0.25) is 5.32 Å². The minimum absolute atomic E-state index is 0.0140. The van der Waals surface area contributed by atoms with Crippen molar-refractivity contribution >= 4 is 17.0 Å². The number of ether oxygens (including phenoxy) is 4. The second kappa shape index (κ2) is 15.6. The second-order valence-electron chi connectivity index (χ2n) is 16.1. The molecule has 1 aromatic heterocycles. The molecule has 12 nitrogen and oxygen atoms in total. The van der Waals surface area contributed by atoms with Gasteiger partial charge in [0.05, 0.1) is 26.6 Å². The van der Waals surface area contributed by atoms with Crippen LogP contribution in [-0.4, -0.2) is 90.5 Å². The van der Waals surface area contributed by atoms with E-state index in [9.17, 15) is 20.4 Å². The van der Waals surface area contributed by atoms with Gasteiger partial charge in [0.25, 0.3) is 0 Å². The zero-order valence-corrected chi connectivity index (χ0v) is 33.1. The summed E-state index contributed by atoms with van der Waals surface area (Å²) in [5, 5.41) is 53.5. The van der Waals surface area contributed by atoms with E-state index in [1.54, 1.807) is 19.1 Å². The maximum Gasteiger partial charge on any atom is 0.160 e. The van der Waals surface area contributed by atoms with Crippen LogP contribution in [0.4, 0.5) is 0 Å². The third kappa shape index (κ3) is 6.58. The minimum Gasteiger partial charge on any atom is -0.507 e. The van der Waals surface area contributed by atoms with E-state index >= 15 is 0 Å². The number of phenolic OH excluding ortho intramolecular Hbond substituents is 2. The van der Waals surface area contributed by atoms with Gasteiger partial charge in [-0.1, -0.05) is 30.4 Å². The van der Waals surface area contributed by atoms with Gasteiger partial charge in [-0.2, -0.15) is 0 Å². The Morgan fingerprint density at radius 1 is 0.966 bits per heavy atom. The Kier molecular flexibility index (Phi) is 10.3.